The molecule has 1 fully saturated rings. The zero-order valence-corrected chi connectivity index (χ0v) is 34.2. The molecule has 0 amide bonds. The monoisotopic (exact) mass is 869 g/mol. The number of H-pyrrole nitrogens is 1. The standard InChI is InChI=1S/C45H47N3O15/c1-24-17-25(2)19-28(18-24)38-36-27(12-14-47-36)21-48(38)63-41-44(61-30-10-11-31-33(20-30)59-22-32(39(31)53)26-6-8-29(51)9-7-26)62-34(40(54)45(41,58)35(52)5-3-15-49)23-60-43(57)37(42(55)56)46-13-4-16-50/h6-12,14,16-22,34-35,37,40-41,44,46-47,49,51-52,54,58H,3-5,13,15,23H2,1-2H3,(H,55,56)/t34-,35+,37+,40-,41+,44-,45+/m0/s1. The Morgan fingerprint density at radius 3 is 2.49 bits per heavy atom. The molecule has 18 nitrogen and oxygen atoms in total. The van der Waals surface area contributed by atoms with Gasteiger partial charge in [0.25, 0.3) is 0 Å². The van der Waals surface area contributed by atoms with E-state index in [2.05, 4.69) is 10.3 Å². The molecule has 1 saturated heterocycles. The average molecular weight is 870 g/mol. The minimum absolute atomic E-state index is 0.000387. The van der Waals surface area contributed by atoms with Gasteiger partial charge in [-0.25, -0.2) is 9.59 Å². The van der Waals surface area contributed by atoms with Crippen LogP contribution in [0.15, 0.2) is 94.6 Å². The maximum Gasteiger partial charge on any atom is 0.334 e. The van der Waals surface area contributed by atoms with Crippen molar-refractivity contribution in [3.63, 3.8) is 0 Å². The number of fused-ring (bicyclic) bond motifs is 2. The summed E-state index contributed by atoms with van der Waals surface area (Å²) in [7, 11) is 0. The number of aliphatic hydroxyl groups excluding tert-OH is 3. The zero-order chi connectivity index (χ0) is 45.0. The number of rotatable bonds is 18. The highest BCUT2D eigenvalue weighted by molar-refractivity contribution is 5.98. The van der Waals surface area contributed by atoms with Crippen LogP contribution in [-0.4, -0.2) is 121 Å². The summed E-state index contributed by atoms with van der Waals surface area (Å²) in [5.74, 6) is -2.90. The number of carboxylic acids is 1. The van der Waals surface area contributed by atoms with Crippen LogP contribution < -0.4 is 20.3 Å². The van der Waals surface area contributed by atoms with Gasteiger partial charge in [-0.05, 0) is 74.7 Å². The molecular formula is C45H47N3O15. The first kappa shape index (κ1) is 44.5. The highest BCUT2D eigenvalue weighted by Crippen LogP contribution is 2.39. The van der Waals surface area contributed by atoms with Gasteiger partial charge in [-0.2, -0.15) is 4.73 Å². The van der Waals surface area contributed by atoms with Crippen LogP contribution in [0, 0.1) is 13.8 Å². The van der Waals surface area contributed by atoms with Crippen molar-refractivity contribution in [2.45, 2.75) is 75.5 Å². The Bertz CT molecular complexity index is 2630. The van der Waals surface area contributed by atoms with E-state index in [1.807, 2.05) is 32.0 Å². The number of hydrogen-bond acceptors (Lipinski definition) is 15. The smallest absolute Gasteiger partial charge is 0.334 e. The Balaban J connectivity index is 1.30. The van der Waals surface area contributed by atoms with Gasteiger partial charge < -0.3 is 63.9 Å². The molecule has 4 heterocycles. The minimum Gasteiger partial charge on any atom is -0.508 e. The van der Waals surface area contributed by atoms with Gasteiger partial charge in [0.1, 0.15) is 54.1 Å². The molecule has 7 atom stereocenters. The number of aliphatic hydroxyl groups is 4. The number of aromatic nitrogens is 2. The first-order chi connectivity index (χ1) is 30.2. The number of aromatic amines is 1. The maximum atomic E-state index is 13.6. The second kappa shape index (κ2) is 18.8. The average Bonchev–Trinajstić information content (AvgIpc) is 3.85. The molecule has 8 N–H and O–H groups in total. The van der Waals surface area contributed by atoms with E-state index >= 15 is 0 Å². The van der Waals surface area contributed by atoms with Gasteiger partial charge in [-0.15, -0.1) is 0 Å². The molecule has 3 aromatic heterocycles. The molecule has 3 aromatic carbocycles. The summed E-state index contributed by atoms with van der Waals surface area (Å²) < 4.78 is 25.1. The number of esters is 1. The van der Waals surface area contributed by atoms with Gasteiger partial charge >= 0.3 is 11.9 Å². The number of aryl methyl sites for hydroxylation is 2. The van der Waals surface area contributed by atoms with Crippen LogP contribution in [0.5, 0.6) is 11.5 Å². The summed E-state index contributed by atoms with van der Waals surface area (Å²) in [5, 5.41) is 69.0. The molecule has 1 aliphatic rings. The SMILES string of the molecule is Cc1cc(C)cc(-c2c3[nH]ccc3cn2O[C@@H]2[C@@H](Oc3ccc4c(=O)c(-c5ccc(O)cc5)coc4c3)O[C@@H](COC(=O)[C@H](NCCC=O)C(=O)O)[C@H](O)[C@]2(O)[C@H](O)CCCO)c1. The first-order valence-electron chi connectivity index (χ1n) is 20.1. The number of carbonyl (C=O) groups excluding carboxylic acids is 2. The van der Waals surface area contributed by atoms with Crippen molar-refractivity contribution in [2.24, 2.45) is 0 Å². The lowest BCUT2D eigenvalue weighted by Crippen LogP contribution is -2.74. The second-order valence-corrected chi connectivity index (χ2v) is 15.4. The summed E-state index contributed by atoms with van der Waals surface area (Å²) in [6, 6.07) is 15.9. The molecule has 332 valence electrons. The van der Waals surface area contributed by atoms with Crippen LogP contribution in [-0.2, 0) is 23.9 Å². The fourth-order valence-electron chi connectivity index (χ4n) is 7.80. The van der Waals surface area contributed by atoms with Gasteiger partial charge in [0, 0.05) is 42.8 Å². The molecular weight excluding hydrogens is 823 g/mol. The number of nitrogens with one attached hydrogen (secondary N) is 2. The van der Waals surface area contributed by atoms with E-state index in [0.29, 0.717) is 34.0 Å². The normalized spacial score (nSPS) is 20.9. The molecule has 7 rings (SSSR count). The van der Waals surface area contributed by atoms with Crippen molar-refractivity contribution in [3.8, 4) is 33.9 Å². The van der Waals surface area contributed by atoms with Gasteiger partial charge in [0.05, 0.1) is 28.8 Å². The van der Waals surface area contributed by atoms with E-state index in [0.717, 1.165) is 11.1 Å². The number of carboxylic acid groups (broad SMARTS) is 1. The number of aromatic hydroxyl groups is 1. The Morgan fingerprint density at radius 2 is 1.79 bits per heavy atom. The lowest BCUT2D eigenvalue weighted by atomic mass is 9.78. The predicted molar refractivity (Wildman–Crippen MR) is 225 cm³/mol. The Hall–Kier alpha value is -6.54. The third kappa shape index (κ3) is 9.17. The van der Waals surface area contributed by atoms with E-state index in [4.69, 9.17) is 23.5 Å². The molecule has 63 heavy (non-hydrogen) atoms. The lowest BCUT2D eigenvalue weighted by Gasteiger charge is -2.50. The third-order valence-electron chi connectivity index (χ3n) is 10.9. The Morgan fingerprint density at radius 1 is 1.05 bits per heavy atom. The fourth-order valence-corrected chi connectivity index (χ4v) is 7.80. The van der Waals surface area contributed by atoms with E-state index in [1.54, 1.807) is 30.6 Å². The molecule has 0 aliphatic carbocycles. The third-order valence-corrected chi connectivity index (χ3v) is 10.9. The van der Waals surface area contributed by atoms with Crippen molar-refractivity contribution < 1.29 is 68.5 Å². The summed E-state index contributed by atoms with van der Waals surface area (Å²) in [4.78, 5) is 59.3. The van der Waals surface area contributed by atoms with Crippen molar-refractivity contribution >= 4 is 40.1 Å². The fraction of sp³-hybridized carbons (Fsp3) is 0.333. The molecule has 18 heteroatoms. The number of carbonyl (C=O) groups is 3. The number of phenols is 1. The molecule has 6 aromatic rings. The van der Waals surface area contributed by atoms with Gasteiger partial charge in [-0.1, -0.05) is 29.3 Å². The highest BCUT2D eigenvalue weighted by Gasteiger charge is 2.62. The molecule has 0 saturated carbocycles. The highest BCUT2D eigenvalue weighted by atomic mass is 16.8. The Labute approximate surface area is 358 Å². The molecule has 0 radical (unpaired) electrons. The van der Waals surface area contributed by atoms with Crippen molar-refractivity contribution in [2.75, 3.05) is 19.8 Å². The molecule has 0 spiro atoms. The van der Waals surface area contributed by atoms with Crippen LogP contribution in [0.4, 0.5) is 0 Å². The molecule has 1 aliphatic heterocycles. The van der Waals surface area contributed by atoms with Gasteiger partial charge in [0.2, 0.25) is 18.4 Å². The second-order valence-electron chi connectivity index (χ2n) is 15.4. The van der Waals surface area contributed by atoms with Crippen molar-refractivity contribution in [1.82, 2.24) is 15.0 Å². The van der Waals surface area contributed by atoms with E-state index < -0.39 is 72.9 Å². The summed E-state index contributed by atoms with van der Waals surface area (Å²) in [6.07, 6.45) is -4.54. The summed E-state index contributed by atoms with van der Waals surface area (Å²) in [6.45, 7) is 2.43. The van der Waals surface area contributed by atoms with Crippen LogP contribution in [0.2, 0.25) is 0 Å². The van der Waals surface area contributed by atoms with E-state index in [-0.39, 0.29) is 53.8 Å². The van der Waals surface area contributed by atoms with Gasteiger partial charge in [0.15, 0.2) is 11.0 Å². The number of benzene rings is 3. The largest absolute Gasteiger partial charge is 0.508 e. The quantitative estimate of drug-likeness (QED) is 0.0267. The van der Waals surface area contributed by atoms with Crippen molar-refractivity contribution in [1.29, 1.82) is 0 Å². The Kier molecular flexibility index (Phi) is 13.3. The van der Waals surface area contributed by atoms with Gasteiger partial charge in [-0.3, -0.25) is 10.1 Å². The summed E-state index contributed by atoms with van der Waals surface area (Å²) in [5.41, 5.74) is 1.40. The number of hydrogen-bond donors (Lipinski definition) is 8. The van der Waals surface area contributed by atoms with Crippen LogP contribution in [0.25, 0.3) is 44.3 Å². The number of phenolic OH excluding ortho intramolecular Hbond substituents is 1. The van der Waals surface area contributed by atoms with E-state index in [1.165, 1.54) is 41.3 Å². The minimum atomic E-state index is -2.73. The summed E-state index contributed by atoms with van der Waals surface area (Å²) >= 11 is 0. The van der Waals surface area contributed by atoms with Crippen LogP contribution in [0.3, 0.4) is 0 Å². The predicted octanol–water partition coefficient (Wildman–Crippen LogP) is 2.73. The number of aldehydes is 1. The zero-order valence-electron chi connectivity index (χ0n) is 34.2. The van der Waals surface area contributed by atoms with Crippen molar-refractivity contribution in [3.05, 3.63) is 107 Å². The topological polar surface area (TPSA) is 272 Å². The number of aliphatic carboxylic acids is 1. The number of nitrogens with zero attached hydrogens (tertiary/aromatic N) is 1. The molecule has 0 bridgehead atoms. The van der Waals surface area contributed by atoms with Crippen LogP contribution >= 0.6 is 0 Å². The van der Waals surface area contributed by atoms with Crippen LogP contribution in [0.1, 0.15) is 30.4 Å². The van der Waals surface area contributed by atoms with E-state index in [9.17, 15) is 49.8 Å². The lowest BCUT2D eigenvalue weighted by molar-refractivity contribution is -0.341. The number of ether oxygens (including phenoxy) is 3. The molecule has 0 unspecified atom stereocenters. The maximum absolute atomic E-state index is 13.6. The first-order valence-corrected chi connectivity index (χ1v) is 20.1.